The van der Waals surface area contributed by atoms with Gasteiger partial charge in [-0.3, -0.25) is 4.79 Å². The van der Waals surface area contributed by atoms with E-state index in [1.165, 1.54) is 11.1 Å². The van der Waals surface area contributed by atoms with Crippen molar-refractivity contribution in [2.45, 2.75) is 25.3 Å². The number of nitrogens with one attached hydrogen (secondary N) is 1. The Morgan fingerprint density at radius 1 is 1.59 bits per heavy atom. The van der Waals surface area contributed by atoms with E-state index in [4.69, 9.17) is 16.3 Å². The van der Waals surface area contributed by atoms with Crippen LogP contribution in [-0.4, -0.2) is 24.9 Å². The molecule has 3 nitrogen and oxygen atoms in total. The molecule has 1 aromatic rings. The van der Waals surface area contributed by atoms with E-state index in [2.05, 4.69) is 11.4 Å². The fourth-order valence-corrected chi connectivity index (χ4v) is 2.43. The van der Waals surface area contributed by atoms with Gasteiger partial charge in [-0.25, -0.2) is 0 Å². The highest BCUT2D eigenvalue weighted by Gasteiger charge is 2.21. The minimum atomic E-state index is -0.0944. The third-order valence-electron chi connectivity index (χ3n) is 3.15. The zero-order valence-corrected chi connectivity index (χ0v) is 10.6. The molecule has 0 aromatic heterocycles. The maximum Gasteiger partial charge on any atom is 0.235 e. The smallest absolute Gasteiger partial charge is 0.235 e. The van der Waals surface area contributed by atoms with Gasteiger partial charge >= 0.3 is 0 Å². The second kappa shape index (κ2) is 5.41. The van der Waals surface area contributed by atoms with Crippen LogP contribution in [0.1, 0.15) is 17.5 Å². The van der Waals surface area contributed by atoms with Gasteiger partial charge in [0.25, 0.3) is 0 Å². The Morgan fingerprint density at radius 3 is 3.12 bits per heavy atom. The fraction of sp³-hybridized carbons (Fsp3) is 0.462. The highest BCUT2D eigenvalue weighted by atomic mass is 35.5. The number of halogens is 1. The summed E-state index contributed by atoms with van der Waals surface area (Å²) < 4.78 is 5.34. The van der Waals surface area contributed by atoms with E-state index in [-0.39, 0.29) is 17.8 Å². The molecule has 92 valence electrons. The molecule has 2 rings (SSSR count). The fourth-order valence-electron chi connectivity index (χ4n) is 2.35. The molecule has 0 bridgehead atoms. The van der Waals surface area contributed by atoms with Crippen molar-refractivity contribution in [3.63, 3.8) is 0 Å². The lowest BCUT2D eigenvalue weighted by molar-refractivity contribution is -0.119. The first kappa shape index (κ1) is 12.2. The van der Waals surface area contributed by atoms with Crippen LogP contribution in [0.15, 0.2) is 18.2 Å². The summed E-state index contributed by atoms with van der Waals surface area (Å²) in [5.41, 5.74) is 2.53. The summed E-state index contributed by atoms with van der Waals surface area (Å²) in [6.45, 7) is 0. The van der Waals surface area contributed by atoms with Crippen LogP contribution in [0.4, 0.5) is 0 Å². The van der Waals surface area contributed by atoms with Crippen molar-refractivity contribution in [3.8, 4) is 5.75 Å². The third-order valence-corrected chi connectivity index (χ3v) is 3.39. The Balaban J connectivity index is 2.11. The van der Waals surface area contributed by atoms with E-state index in [1.807, 2.05) is 12.1 Å². The van der Waals surface area contributed by atoms with Gasteiger partial charge in [0.2, 0.25) is 5.91 Å². The lowest BCUT2D eigenvalue weighted by Crippen LogP contribution is -2.39. The predicted octanol–water partition coefficient (Wildman–Crippen LogP) is 1.91. The van der Waals surface area contributed by atoms with Crippen LogP contribution in [0.2, 0.25) is 0 Å². The normalized spacial score (nSPS) is 18.4. The predicted molar refractivity (Wildman–Crippen MR) is 67.7 cm³/mol. The molecule has 0 fully saturated rings. The van der Waals surface area contributed by atoms with Crippen molar-refractivity contribution in [3.05, 3.63) is 29.3 Å². The molecule has 0 unspecified atom stereocenters. The maximum absolute atomic E-state index is 11.2. The molecule has 0 radical (unpaired) electrons. The van der Waals surface area contributed by atoms with E-state index >= 15 is 0 Å². The molecule has 0 saturated heterocycles. The molecule has 0 spiro atoms. The summed E-state index contributed by atoms with van der Waals surface area (Å²) >= 11 is 5.49. The third kappa shape index (κ3) is 2.72. The highest BCUT2D eigenvalue weighted by molar-refractivity contribution is 6.27. The first-order valence-corrected chi connectivity index (χ1v) is 6.28. The highest BCUT2D eigenvalue weighted by Crippen LogP contribution is 2.29. The van der Waals surface area contributed by atoms with Gasteiger partial charge in [0.1, 0.15) is 11.6 Å². The van der Waals surface area contributed by atoms with E-state index < -0.39 is 0 Å². The average molecular weight is 254 g/mol. The lowest BCUT2D eigenvalue weighted by atomic mass is 9.87. The van der Waals surface area contributed by atoms with Gasteiger partial charge in [-0.05, 0) is 36.5 Å². The number of benzene rings is 1. The zero-order chi connectivity index (χ0) is 12.3. The van der Waals surface area contributed by atoms with E-state index in [0.717, 1.165) is 25.0 Å². The molecule has 0 heterocycles. The zero-order valence-electron chi connectivity index (χ0n) is 9.83. The van der Waals surface area contributed by atoms with Gasteiger partial charge in [0.15, 0.2) is 0 Å². The quantitative estimate of drug-likeness (QED) is 0.836. The maximum atomic E-state index is 11.2. The summed E-state index contributed by atoms with van der Waals surface area (Å²) in [6.07, 6.45) is 2.73. The molecule has 1 atom stereocenters. The summed E-state index contributed by atoms with van der Waals surface area (Å²) in [7, 11) is 1.69. The van der Waals surface area contributed by atoms with Crippen molar-refractivity contribution < 1.29 is 9.53 Å². The number of rotatable bonds is 3. The second-order valence-corrected chi connectivity index (χ2v) is 4.51. The van der Waals surface area contributed by atoms with Crippen molar-refractivity contribution in [1.82, 2.24) is 5.32 Å². The van der Waals surface area contributed by atoms with Crippen molar-refractivity contribution in [2.75, 3.05) is 13.0 Å². The van der Waals surface area contributed by atoms with E-state index in [9.17, 15) is 4.79 Å². The minimum absolute atomic E-state index is 0.0292. The van der Waals surface area contributed by atoms with Gasteiger partial charge < -0.3 is 10.1 Å². The van der Waals surface area contributed by atoms with Crippen LogP contribution in [0, 0.1) is 0 Å². The number of hydrogen-bond acceptors (Lipinski definition) is 2. The number of carbonyl (C=O) groups is 1. The number of methoxy groups -OCH3 is 1. The van der Waals surface area contributed by atoms with Crippen molar-refractivity contribution in [1.29, 1.82) is 0 Å². The van der Waals surface area contributed by atoms with Crippen LogP contribution < -0.4 is 10.1 Å². The SMILES string of the molecule is COc1cccc2c1CC[C@H](NC(=O)CCl)C2. The molecule has 17 heavy (non-hydrogen) atoms. The van der Waals surface area contributed by atoms with Crippen molar-refractivity contribution >= 4 is 17.5 Å². The number of hydrogen-bond donors (Lipinski definition) is 1. The first-order valence-electron chi connectivity index (χ1n) is 5.74. The molecular weight excluding hydrogens is 238 g/mol. The summed E-state index contributed by atoms with van der Waals surface area (Å²) in [5.74, 6) is 0.884. The summed E-state index contributed by atoms with van der Waals surface area (Å²) in [4.78, 5) is 11.2. The van der Waals surface area contributed by atoms with Crippen LogP contribution in [0.3, 0.4) is 0 Å². The number of ether oxygens (including phenoxy) is 1. The van der Waals surface area contributed by atoms with Gasteiger partial charge in [0.05, 0.1) is 7.11 Å². The monoisotopic (exact) mass is 253 g/mol. The van der Waals surface area contributed by atoms with E-state index in [0.29, 0.717) is 0 Å². The van der Waals surface area contributed by atoms with Gasteiger partial charge in [-0.1, -0.05) is 12.1 Å². The van der Waals surface area contributed by atoms with Gasteiger partial charge in [-0.15, -0.1) is 11.6 Å². The Hall–Kier alpha value is -1.22. The molecule has 4 heteroatoms. The molecule has 0 saturated carbocycles. The minimum Gasteiger partial charge on any atom is -0.496 e. The van der Waals surface area contributed by atoms with Gasteiger partial charge in [0, 0.05) is 6.04 Å². The van der Waals surface area contributed by atoms with Gasteiger partial charge in [-0.2, -0.15) is 0 Å². The molecule has 1 N–H and O–H groups in total. The average Bonchev–Trinajstić information content (AvgIpc) is 2.37. The molecular formula is C13H16ClNO2. The standard InChI is InChI=1S/C13H16ClNO2/c1-17-12-4-2-3-9-7-10(5-6-11(9)12)15-13(16)8-14/h2-4,10H,5-8H2,1H3,(H,15,16)/t10-/m0/s1. The molecule has 1 amide bonds. The Labute approximate surface area is 106 Å². The number of alkyl halides is 1. The number of amides is 1. The number of fused-ring (bicyclic) bond motifs is 1. The topological polar surface area (TPSA) is 38.3 Å². The lowest BCUT2D eigenvalue weighted by Gasteiger charge is -2.26. The van der Waals surface area contributed by atoms with Crippen molar-refractivity contribution in [2.24, 2.45) is 0 Å². The Morgan fingerprint density at radius 2 is 2.41 bits per heavy atom. The molecule has 1 aromatic carbocycles. The summed E-state index contributed by atoms with van der Waals surface area (Å²) in [6, 6.07) is 6.26. The van der Waals surface area contributed by atoms with Crippen LogP contribution in [0.25, 0.3) is 0 Å². The molecule has 0 aliphatic heterocycles. The number of carbonyl (C=O) groups excluding carboxylic acids is 1. The molecule has 1 aliphatic carbocycles. The van der Waals surface area contributed by atoms with E-state index in [1.54, 1.807) is 7.11 Å². The van der Waals surface area contributed by atoms with Crippen LogP contribution in [0.5, 0.6) is 5.75 Å². The summed E-state index contributed by atoms with van der Waals surface area (Å²) in [5, 5.41) is 2.94. The largest absolute Gasteiger partial charge is 0.496 e. The van der Waals surface area contributed by atoms with Crippen LogP contribution in [-0.2, 0) is 17.6 Å². The molecule has 1 aliphatic rings. The Bertz CT molecular complexity index is 420. The Kier molecular flexibility index (Phi) is 3.89. The first-order chi connectivity index (χ1) is 8.24. The second-order valence-electron chi connectivity index (χ2n) is 4.24. The van der Waals surface area contributed by atoms with Crippen LogP contribution >= 0.6 is 11.6 Å².